The topological polar surface area (TPSA) is 79.0 Å². The van der Waals surface area contributed by atoms with Crippen LogP contribution in [0.15, 0.2) is 11.6 Å². The Kier molecular flexibility index (Phi) is 11.7. The molecule has 200 valence electrons. The van der Waals surface area contributed by atoms with Crippen LogP contribution in [0.1, 0.15) is 92.9 Å². The normalized spacial score (nSPS) is 22.5. The van der Waals surface area contributed by atoms with E-state index in [4.69, 9.17) is 4.74 Å². The Bertz CT molecular complexity index is 744. The van der Waals surface area contributed by atoms with Crippen molar-refractivity contribution in [3.63, 3.8) is 0 Å². The highest BCUT2D eigenvalue weighted by molar-refractivity contribution is 5.91. The van der Waals surface area contributed by atoms with E-state index in [1.54, 1.807) is 25.8 Å². The number of esters is 1. The van der Waals surface area contributed by atoms with Crippen LogP contribution in [0.2, 0.25) is 0 Å². The predicted molar refractivity (Wildman–Crippen MR) is 140 cm³/mol. The molecule has 1 aliphatic carbocycles. The molecule has 0 spiro atoms. The number of likely N-dealkylation sites (tertiary alicyclic amines) is 1. The van der Waals surface area contributed by atoms with Gasteiger partial charge in [-0.25, -0.2) is 4.79 Å². The maximum Gasteiger partial charge on any atom is 0.333 e. The Balaban J connectivity index is 2.25. The van der Waals surface area contributed by atoms with Crippen LogP contribution in [0, 0.1) is 11.8 Å². The van der Waals surface area contributed by atoms with Crippen molar-refractivity contribution in [2.75, 3.05) is 20.2 Å². The van der Waals surface area contributed by atoms with Gasteiger partial charge in [-0.3, -0.25) is 14.5 Å². The van der Waals surface area contributed by atoms with E-state index < -0.39 is 6.04 Å². The van der Waals surface area contributed by atoms with E-state index in [9.17, 15) is 14.4 Å². The zero-order chi connectivity index (χ0) is 26.1. The standard InChI is InChI=1S/C28H49N3O4/c1-8-21(6)31-17-13-12-16-23(31)26(32)29-25(22-14-10-11-15-22)27(33)30(7)24(19(3)4)18-20(5)28(34)35-9-2/h18-19,21-25H,8-17H2,1-7H3,(H,29,32)/b20-18+/t21?,23?,24-,25?/m1/s1. The van der Waals surface area contributed by atoms with Crippen molar-refractivity contribution in [1.82, 2.24) is 15.1 Å². The Labute approximate surface area is 213 Å². The first-order chi connectivity index (χ1) is 16.6. The molecule has 2 fully saturated rings. The van der Waals surface area contributed by atoms with Crippen LogP contribution in [0.25, 0.3) is 0 Å². The van der Waals surface area contributed by atoms with E-state index >= 15 is 0 Å². The Hall–Kier alpha value is -1.89. The Morgan fingerprint density at radius 3 is 2.26 bits per heavy atom. The zero-order valence-electron chi connectivity index (χ0n) is 23.1. The van der Waals surface area contributed by atoms with E-state index in [0.717, 1.165) is 57.9 Å². The number of nitrogens with zero attached hydrogens (tertiary/aromatic N) is 2. The second-order valence-electron chi connectivity index (χ2n) is 10.8. The molecule has 0 radical (unpaired) electrons. The lowest BCUT2D eigenvalue weighted by Gasteiger charge is -2.40. The van der Waals surface area contributed by atoms with Crippen molar-refractivity contribution in [3.8, 4) is 0 Å². The van der Waals surface area contributed by atoms with Crippen LogP contribution in [0.5, 0.6) is 0 Å². The minimum absolute atomic E-state index is 0.0111. The number of nitrogens with one attached hydrogen (secondary N) is 1. The summed E-state index contributed by atoms with van der Waals surface area (Å²) in [7, 11) is 1.79. The molecule has 35 heavy (non-hydrogen) atoms. The third-order valence-corrected chi connectivity index (χ3v) is 7.93. The molecule has 1 N–H and O–H groups in total. The van der Waals surface area contributed by atoms with Gasteiger partial charge in [0.25, 0.3) is 0 Å². The lowest BCUT2D eigenvalue weighted by Crippen LogP contribution is -2.59. The smallest absolute Gasteiger partial charge is 0.333 e. The van der Waals surface area contributed by atoms with Gasteiger partial charge in [-0.2, -0.15) is 0 Å². The van der Waals surface area contributed by atoms with Crippen molar-refractivity contribution in [2.24, 2.45) is 11.8 Å². The maximum atomic E-state index is 13.9. The summed E-state index contributed by atoms with van der Waals surface area (Å²) in [5, 5.41) is 3.22. The van der Waals surface area contributed by atoms with Gasteiger partial charge in [-0.15, -0.1) is 0 Å². The summed E-state index contributed by atoms with van der Waals surface area (Å²) in [5.74, 6) is -0.183. The first-order valence-corrected chi connectivity index (χ1v) is 13.8. The summed E-state index contributed by atoms with van der Waals surface area (Å²) in [6.45, 7) is 13.2. The number of likely N-dealkylation sites (N-methyl/N-ethyl adjacent to an activating group) is 1. The summed E-state index contributed by atoms with van der Waals surface area (Å²) in [6.07, 6.45) is 9.91. The van der Waals surface area contributed by atoms with E-state index in [1.165, 1.54) is 0 Å². The molecule has 1 saturated heterocycles. The summed E-state index contributed by atoms with van der Waals surface area (Å²) >= 11 is 0. The van der Waals surface area contributed by atoms with Crippen molar-refractivity contribution in [2.45, 2.75) is 117 Å². The lowest BCUT2D eigenvalue weighted by molar-refractivity contribution is -0.141. The fourth-order valence-corrected chi connectivity index (χ4v) is 5.61. The molecule has 7 nitrogen and oxygen atoms in total. The van der Waals surface area contributed by atoms with E-state index in [-0.39, 0.29) is 41.7 Å². The Morgan fingerprint density at radius 1 is 1.06 bits per heavy atom. The number of amides is 2. The van der Waals surface area contributed by atoms with Crippen LogP contribution >= 0.6 is 0 Å². The van der Waals surface area contributed by atoms with E-state index in [2.05, 4.69) is 24.1 Å². The van der Waals surface area contributed by atoms with Gasteiger partial charge in [-0.05, 0) is 71.3 Å². The number of carbonyl (C=O) groups is 3. The minimum Gasteiger partial charge on any atom is -0.463 e. The second kappa shape index (κ2) is 14.0. The number of rotatable bonds is 11. The van der Waals surface area contributed by atoms with Gasteiger partial charge in [0.15, 0.2) is 0 Å². The average molecular weight is 492 g/mol. The number of hydrogen-bond donors (Lipinski definition) is 1. The largest absolute Gasteiger partial charge is 0.463 e. The maximum absolute atomic E-state index is 13.9. The predicted octanol–water partition coefficient (Wildman–Crippen LogP) is 4.31. The van der Waals surface area contributed by atoms with Crippen molar-refractivity contribution in [3.05, 3.63) is 11.6 Å². The summed E-state index contributed by atoms with van der Waals surface area (Å²) in [6, 6.07) is -0.629. The van der Waals surface area contributed by atoms with Gasteiger partial charge in [0.05, 0.1) is 18.7 Å². The fourth-order valence-electron chi connectivity index (χ4n) is 5.61. The Morgan fingerprint density at radius 2 is 1.69 bits per heavy atom. The molecule has 0 aromatic carbocycles. The number of carbonyl (C=O) groups excluding carboxylic acids is 3. The monoisotopic (exact) mass is 491 g/mol. The molecule has 1 aliphatic heterocycles. The van der Waals surface area contributed by atoms with Crippen LogP contribution in [-0.4, -0.2) is 72.0 Å². The van der Waals surface area contributed by atoms with Crippen molar-refractivity contribution in [1.29, 1.82) is 0 Å². The van der Waals surface area contributed by atoms with Gasteiger partial charge >= 0.3 is 5.97 Å². The number of piperidine rings is 1. The molecular weight excluding hydrogens is 442 g/mol. The molecule has 1 saturated carbocycles. The van der Waals surface area contributed by atoms with Crippen LogP contribution < -0.4 is 5.32 Å². The van der Waals surface area contributed by atoms with E-state index in [1.807, 2.05) is 19.9 Å². The molecule has 4 atom stereocenters. The molecule has 1 heterocycles. The fraction of sp³-hybridized carbons (Fsp3) is 0.821. The lowest BCUT2D eigenvalue weighted by atomic mass is 9.93. The minimum atomic E-state index is -0.534. The molecule has 3 unspecified atom stereocenters. The molecule has 0 aromatic rings. The zero-order valence-corrected chi connectivity index (χ0v) is 23.1. The molecule has 2 rings (SSSR count). The average Bonchev–Trinajstić information content (AvgIpc) is 3.38. The molecule has 2 aliphatic rings. The summed E-state index contributed by atoms with van der Waals surface area (Å²) in [4.78, 5) is 43.7. The van der Waals surface area contributed by atoms with Gasteiger partial charge in [0.2, 0.25) is 11.8 Å². The SMILES string of the molecule is CCOC(=O)/C(C)=C/[C@H](C(C)C)N(C)C(=O)C(NC(=O)C1CCCCN1C(C)CC)C1CCCC1. The van der Waals surface area contributed by atoms with Crippen molar-refractivity contribution < 1.29 is 19.1 Å². The van der Waals surface area contributed by atoms with Gasteiger partial charge in [0.1, 0.15) is 6.04 Å². The highest BCUT2D eigenvalue weighted by atomic mass is 16.5. The van der Waals surface area contributed by atoms with Crippen LogP contribution in [0.4, 0.5) is 0 Å². The molecule has 7 heteroatoms. The molecular formula is C28H49N3O4. The number of ether oxygens (including phenoxy) is 1. The third-order valence-electron chi connectivity index (χ3n) is 7.93. The molecule has 0 aromatic heterocycles. The van der Waals surface area contributed by atoms with Crippen LogP contribution in [-0.2, 0) is 19.1 Å². The first kappa shape index (κ1) is 29.3. The van der Waals surface area contributed by atoms with E-state index in [0.29, 0.717) is 18.2 Å². The molecule has 0 bridgehead atoms. The molecule has 2 amide bonds. The van der Waals surface area contributed by atoms with Crippen LogP contribution in [0.3, 0.4) is 0 Å². The second-order valence-corrected chi connectivity index (χ2v) is 10.8. The van der Waals surface area contributed by atoms with Crippen molar-refractivity contribution >= 4 is 17.8 Å². The van der Waals surface area contributed by atoms with Gasteiger partial charge < -0.3 is 15.0 Å². The first-order valence-electron chi connectivity index (χ1n) is 13.8. The quantitative estimate of drug-likeness (QED) is 0.344. The third kappa shape index (κ3) is 7.80. The highest BCUT2D eigenvalue weighted by Gasteiger charge is 2.39. The number of hydrogen-bond acceptors (Lipinski definition) is 5. The summed E-state index contributed by atoms with van der Waals surface area (Å²) < 4.78 is 5.14. The highest BCUT2D eigenvalue weighted by Crippen LogP contribution is 2.30. The van der Waals surface area contributed by atoms with Gasteiger partial charge in [0, 0.05) is 18.7 Å². The summed E-state index contributed by atoms with van der Waals surface area (Å²) in [5.41, 5.74) is 0.498. The van der Waals surface area contributed by atoms with Gasteiger partial charge in [-0.1, -0.05) is 46.1 Å².